The van der Waals surface area contributed by atoms with Crippen molar-refractivity contribution < 1.29 is 18.5 Å². The van der Waals surface area contributed by atoms with Crippen molar-refractivity contribution in [3.63, 3.8) is 0 Å². The van der Waals surface area contributed by atoms with Gasteiger partial charge in [0.05, 0.1) is 11.2 Å². The van der Waals surface area contributed by atoms with Gasteiger partial charge in [0.1, 0.15) is 11.2 Å². The van der Waals surface area contributed by atoms with Gasteiger partial charge in [0.15, 0.2) is 0 Å². The van der Waals surface area contributed by atoms with Gasteiger partial charge in [-0.05, 0) is 56.9 Å². The SMILES string of the molecule is CC(=O)NCC(=Cc1ccc2oc3ccccc3c2c1)B1OC(C)(C)C(C)(C)O1. The number of hydrogen-bond donors (Lipinski definition) is 1. The molecule has 0 aliphatic carbocycles. The first-order chi connectivity index (χ1) is 13.7. The Kier molecular flexibility index (Phi) is 4.79. The van der Waals surface area contributed by atoms with Gasteiger partial charge in [-0.2, -0.15) is 0 Å². The Hall–Kier alpha value is -2.57. The minimum atomic E-state index is -0.524. The summed E-state index contributed by atoms with van der Waals surface area (Å²) < 4.78 is 18.3. The standard InChI is InChI=1S/C23H26BNO4/c1-15(26)25-14-17(24-28-22(2,3)23(4,5)29-24)12-16-10-11-21-19(13-16)18-8-6-7-9-20(18)27-21/h6-13H,14H2,1-5H3,(H,25,26). The largest absolute Gasteiger partial charge is 0.492 e. The van der Waals surface area contributed by atoms with Crippen molar-refractivity contribution in [2.24, 2.45) is 0 Å². The molecule has 0 spiro atoms. The fourth-order valence-electron chi connectivity index (χ4n) is 3.47. The molecule has 0 unspecified atom stereocenters. The molecule has 5 nitrogen and oxygen atoms in total. The number of amides is 1. The number of nitrogens with one attached hydrogen (secondary N) is 1. The van der Waals surface area contributed by atoms with Crippen LogP contribution in [0, 0.1) is 0 Å². The lowest BCUT2D eigenvalue weighted by Gasteiger charge is -2.32. The summed E-state index contributed by atoms with van der Waals surface area (Å²) in [5, 5.41) is 5.01. The van der Waals surface area contributed by atoms with Gasteiger partial charge in [0, 0.05) is 24.2 Å². The second kappa shape index (κ2) is 7.04. The van der Waals surface area contributed by atoms with Crippen molar-refractivity contribution in [3.05, 3.63) is 53.5 Å². The van der Waals surface area contributed by atoms with E-state index in [1.54, 1.807) is 0 Å². The molecule has 3 aromatic rings. The number of carbonyl (C=O) groups is 1. The molecule has 2 heterocycles. The molecule has 1 N–H and O–H groups in total. The Morgan fingerprint density at radius 2 is 1.66 bits per heavy atom. The highest BCUT2D eigenvalue weighted by Gasteiger charge is 2.52. The average molecular weight is 391 g/mol. The van der Waals surface area contributed by atoms with E-state index in [-0.39, 0.29) is 5.91 Å². The van der Waals surface area contributed by atoms with Crippen LogP contribution in [0.25, 0.3) is 28.0 Å². The molecule has 1 amide bonds. The Morgan fingerprint density at radius 3 is 2.34 bits per heavy atom. The highest BCUT2D eigenvalue weighted by Crippen LogP contribution is 2.39. The molecule has 6 heteroatoms. The molecule has 1 fully saturated rings. The van der Waals surface area contributed by atoms with Crippen LogP contribution in [0.15, 0.2) is 52.4 Å². The number of fused-ring (bicyclic) bond motifs is 3. The van der Waals surface area contributed by atoms with Crippen LogP contribution in [-0.2, 0) is 14.1 Å². The Morgan fingerprint density at radius 1 is 1.00 bits per heavy atom. The Labute approximate surface area is 171 Å². The smallest absolute Gasteiger partial charge is 0.456 e. The van der Waals surface area contributed by atoms with Crippen LogP contribution in [0.5, 0.6) is 0 Å². The minimum absolute atomic E-state index is 0.0938. The van der Waals surface area contributed by atoms with Crippen LogP contribution in [-0.4, -0.2) is 30.8 Å². The van der Waals surface area contributed by atoms with Gasteiger partial charge < -0.3 is 19.0 Å². The van der Waals surface area contributed by atoms with Crippen molar-refractivity contribution in [1.82, 2.24) is 5.32 Å². The molecular formula is C23H26BNO4. The summed E-state index contributed by atoms with van der Waals surface area (Å²) in [6.07, 6.45) is 2.03. The Balaban J connectivity index is 1.74. The van der Waals surface area contributed by atoms with E-state index >= 15 is 0 Å². The highest BCUT2D eigenvalue weighted by atomic mass is 16.7. The first kappa shape index (κ1) is 19.7. The third kappa shape index (κ3) is 3.70. The second-order valence-corrected chi connectivity index (χ2v) is 8.57. The predicted molar refractivity (Wildman–Crippen MR) is 116 cm³/mol. The summed E-state index contributed by atoms with van der Waals surface area (Å²) in [4.78, 5) is 11.5. The topological polar surface area (TPSA) is 60.7 Å². The van der Waals surface area contributed by atoms with Crippen molar-refractivity contribution in [2.45, 2.75) is 45.8 Å². The van der Waals surface area contributed by atoms with E-state index in [0.29, 0.717) is 6.54 Å². The number of hydrogen-bond acceptors (Lipinski definition) is 4. The van der Waals surface area contributed by atoms with E-state index < -0.39 is 18.3 Å². The van der Waals surface area contributed by atoms with Crippen molar-refractivity contribution in [2.75, 3.05) is 6.54 Å². The highest BCUT2D eigenvalue weighted by molar-refractivity contribution is 6.56. The lowest BCUT2D eigenvalue weighted by molar-refractivity contribution is -0.118. The number of furan rings is 1. The molecule has 1 aromatic heterocycles. The molecule has 1 saturated heterocycles. The Bertz CT molecular complexity index is 1100. The third-order valence-electron chi connectivity index (χ3n) is 5.85. The maximum Gasteiger partial charge on any atom is 0.492 e. The van der Waals surface area contributed by atoms with Crippen molar-refractivity contribution >= 4 is 41.0 Å². The summed E-state index contributed by atoms with van der Waals surface area (Å²) in [7, 11) is -0.524. The van der Waals surface area contributed by atoms with E-state index in [9.17, 15) is 4.79 Å². The van der Waals surface area contributed by atoms with Crippen LogP contribution in [0.2, 0.25) is 0 Å². The van der Waals surface area contributed by atoms with Crippen molar-refractivity contribution in [1.29, 1.82) is 0 Å². The fraction of sp³-hybridized carbons (Fsp3) is 0.348. The molecule has 4 rings (SSSR count). The van der Waals surface area contributed by atoms with Gasteiger partial charge in [-0.15, -0.1) is 0 Å². The molecule has 0 atom stereocenters. The fourth-order valence-corrected chi connectivity index (χ4v) is 3.47. The predicted octanol–water partition coefficient (Wildman–Crippen LogP) is 4.74. The van der Waals surface area contributed by atoms with E-state index in [1.807, 2.05) is 64.1 Å². The van der Waals surface area contributed by atoms with Gasteiger partial charge in [-0.3, -0.25) is 4.79 Å². The van der Waals surface area contributed by atoms with Gasteiger partial charge in [0.25, 0.3) is 0 Å². The van der Waals surface area contributed by atoms with Gasteiger partial charge in [0.2, 0.25) is 5.91 Å². The molecule has 2 aromatic carbocycles. The third-order valence-corrected chi connectivity index (χ3v) is 5.85. The van der Waals surface area contributed by atoms with Crippen molar-refractivity contribution in [3.8, 4) is 0 Å². The normalized spacial score (nSPS) is 18.5. The lowest BCUT2D eigenvalue weighted by atomic mass is 9.77. The first-order valence-electron chi connectivity index (χ1n) is 9.88. The second-order valence-electron chi connectivity index (χ2n) is 8.57. The van der Waals surface area contributed by atoms with Crippen LogP contribution in [0.4, 0.5) is 0 Å². The number of para-hydroxylation sites is 1. The van der Waals surface area contributed by atoms with Gasteiger partial charge in [-0.25, -0.2) is 0 Å². The van der Waals surface area contributed by atoms with Crippen LogP contribution in [0.3, 0.4) is 0 Å². The zero-order valence-electron chi connectivity index (χ0n) is 17.5. The van der Waals surface area contributed by atoms with E-state index in [2.05, 4.69) is 17.4 Å². The zero-order valence-corrected chi connectivity index (χ0v) is 17.5. The molecule has 0 bridgehead atoms. The van der Waals surface area contributed by atoms with E-state index in [1.165, 1.54) is 6.92 Å². The molecular weight excluding hydrogens is 365 g/mol. The molecule has 0 saturated carbocycles. The number of carbonyl (C=O) groups excluding carboxylic acids is 1. The molecule has 0 radical (unpaired) electrons. The minimum Gasteiger partial charge on any atom is -0.456 e. The molecule has 29 heavy (non-hydrogen) atoms. The van der Waals surface area contributed by atoms with E-state index in [4.69, 9.17) is 13.7 Å². The summed E-state index contributed by atoms with van der Waals surface area (Å²) in [6, 6.07) is 14.1. The molecule has 150 valence electrons. The average Bonchev–Trinajstić information content (AvgIpc) is 3.11. The maximum atomic E-state index is 11.5. The van der Waals surface area contributed by atoms with Crippen LogP contribution >= 0.6 is 0 Å². The van der Waals surface area contributed by atoms with Crippen LogP contribution < -0.4 is 5.32 Å². The quantitative estimate of drug-likeness (QED) is 0.653. The zero-order chi connectivity index (χ0) is 20.8. The van der Waals surface area contributed by atoms with E-state index in [0.717, 1.165) is 33.0 Å². The van der Waals surface area contributed by atoms with Gasteiger partial charge >= 0.3 is 7.12 Å². The summed E-state index contributed by atoms with van der Waals surface area (Å²) in [6.45, 7) is 9.95. The first-order valence-corrected chi connectivity index (χ1v) is 9.88. The number of rotatable bonds is 4. The lowest BCUT2D eigenvalue weighted by Crippen LogP contribution is -2.41. The number of benzene rings is 2. The molecule has 1 aliphatic rings. The van der Waals surface area contributed by atoms with Gasteiger partial charge in [-0.1, -0.05) is 30.3 Å². The molecule has 1 aliphatic heterocycles. The summed E-state index contributed by atoms with van der Waals surface area (Å²) >= 11 is 0. The maximum absolute atomic E-state index is 11.5. The summed E-state index contributed by atoms with van der Waals surface area (Å²) in [5.41, 5.74) is 2.69. The summed E-state index contributed by atoms with van der Waals surface area (Å²) in [5.74, 6) is -0.0938. The van der Waals surface area contributed by atoms with Crippen LogP contribution in [0.1, 0.15) is 40.2 Å². The monoisotopic (exact) mass is 391 g/mol.